The van der Waals surface area contributed by atoms with E-state index in [9.17, 15) is 14.7 Å². The van der Waals surface area contributed by atoms with Crippen LogP contribution in [0.4, 0.5) is 0 Å². The van der Waals surface area contributed by atoms with Crippen LogP contribution in [0.5, 0.6) is 0 Å². The standard InChI is InChI=1S/C16H22O3/c1-8-9(2)16(7)10(3)11(12(17)18)15(8,6)13(19)14(16,4)5/h1-7H3,(H,17,18). The molecule has 0 aromatic rings. The molecule has 3 rings (SSSR count). The van der Waals surface area contributed by atoms with Gasteiger partial charge in [0.2, 0.25) is 0 Å². The minimum absolute atomic E-state index is 0.0219. The van der Waals surface area contributed by atoms with Crippen molar-refractivity contribution in [1.29, 1.82) is 0 Å². The molecule has 0 saturated heterocycles. The third-order valence-corrected chi connectivity index (χ3v) is 6.17. The maximum atomic E-state index is 12.9. The summed E-state index contributed by atoms with van der Waals surface area (Å²) in [4.78, 5) is 24.6. The number of ketones is 1. The van der Waals surface area contributed by atoms with E-state index in [1.54, 1.807) is 6.92 Å². The lowest BCUT2D eigenvalue weighted by Crippen LogP contribution is -2.60. The van der Waals surface area contributed by atoms with Gasteiger partial charge < -0.3 is 5.11 Å². The number of rotatable bonds is 1. The minimum Gasteiger partial charge on any atom is -0.478 e. The predicted octanol–water partition coefficient (Wildman–Crippen LogP) is 3.36. The van der Waals surface area contributed by atoms with E-state index in [-0.39, 0.29) is 11.4 Å². The van der Waals surface area contributed by atoms with E-state index in [0.29, 0.717) is 0 Å². The van der Waals surface area contributed by atoms with Gasteiger partial charge in [0.15, 0.2) is 5.78 Å². The van der Waals surface area contributed by atoms with Crippen molar-refractivity contribution in [2.45, 2.75) is 48.5 Å². The van der Waals surface area contributed by atoms with Gasteiger partial charge in [-0.15, -0.1) is 0 Å². The number of hydrogen-bond donors (Lipinski definition) is 1. The average Bonchev–Trinajstić information content (AvgIpc) is 2.30. The molecule has 0 aromatic heterocycles. The minimum atomic E-state index is -0.985. The summed E-state index contributed by atoms with van der Waals surface area (Å²) in [5, 5.41) is 9.57. The molecule has 0 spiro atoms. The molecule has 0 radical (unpaired) electrons. The Bertz CT molecular complexity index is 577. The second kappa shape index (κ2) is 3.38. The molecule has 2 atom stereocenters. The summed E-state index contributed by atoms with van der Waals surface area (Å²) in [6, 6.07) is 0. The Kier molecular flexibility index (Phi) is 2.50. The highest BCUT2D eigenvalue weighted by Crippen LogP contribution is 2.66. The van der Waals surface area contributed by atoms with Crippen molar-refractivity contribution in [3.8, 4) is 0 Å². The molecule has 0 heterocycles. The molecular formula is C16H22O3. The second-order valence-corrected chi connectivity index (χ2v) is 6.76. The van der Waals surface area contributed by atoms with Crippen molar-refractivity contribution in [3.63, 3.8) is 0 Å². The van der Waals surface area contributed by atoms with Crippen LogP contribution in [0, 0.1) is 16.2 Å². The number of aliphatic carboxylic acids is 1. The van der Waals surface area contributed by atoms with Gasteiger partial charge in [0.25, 0.3) is 0 Å². The second-order valence-electron chi connectivity index (χ2n) is 6.76. The van der Waals surface area contributed by atoms with Gasteiger partial charge in [0, 0.05) is 10.8 Å². The van der Waals surface area contributed by atoms with Gasteiger partial charge in [-0.1, -0.05) is 37.5 Å². The van der Waals surface area contributed by atoms with Crippen LogP contribution in [-0.2, 0) is 9.59 Å². The lowest BCUT2D eigenvalue weighted by atomic mass is 9.41. The van der Waals surface area contributed by atoms with Crippen LogP contribution in [-0.4, -0.2) is 16.9 Å². The fourth-order valence-electron chi connectivity index (χ4n) is 4.29. The molecule has 0 fully saturated rings. The van der Waals surface area contributed by atoms with Crippen molar-refractivity contribution in [2.24, 2.45) is 16.2 Å². The summed E-state index contributed by atoms with van der Waals surface area (Å²) in [5.41, 5.74) is 1.09. The molecule has 1 N–H and O–H groups in total. The molecule has 19 heavy (non-hydrogen) atoms. The fraction of sp³-hybridized carbons (Fsp3) is 0.625. The number of carboxylic acid groups (broad SMARTS) is 1. The maximum absolute atomic E-state index is 12.9. The average molecular weight is 262 g/mol. The zero-order valence-electron chi connectivity index (χ0n) is 12.8. The quantitative estimate of drug-likeness (QED) is 0.737. The summed E-state index contributed by atoms with van der Waals surface area (Å²) in [5.74, 6) is -0.949. The zero-order chi connectivity index (χ0) is 15.0. The molecule has 3 aliphatic rings. The number of allylic oxidation sites excluding steroid dienone is 3. The number of carbonyl (C=O) groups is 2. The first-order valence-corrected chi connectivity index (χ1v) is 6.63. The summed E-state index contributed by atoms with van der Waals surface area (Å²) in [6.07, 6.45) is 0. The molecule has 0 amide bonds. The molecule has 3 aliphatic carbocycles. The number of hydrogen-bond acceptors (Lipinski definition) is 2. The van der Waals surface area contributed by atoms with Gasteiger partial charge in [-0.05, 0) is 27.7 Å². The summed E-state index contributed by atoms with van der Waals surface area (Å²) >= 11 is 0. The summed E-state index contributed by atoms with van der Waals surface area (Å²) < 4.78 is 0. The van der Waals surface area contributed by atoms with Gasteiger partial charge in [0.05, 0.1) is 11.0 Å². The van der Waals surface area contributed by atoms with Gasteiger partial charge in [-0.2, -0.15) is 0 Å². The molecule has 2 bridgehead atoms. The van der Waals surface area contributed by atoms with Crippen molar-refractivity contribution in [2.75, 3.05) is 0 Å². The van der Waals surface area contributed by atoms with Crippen LogP contribution in [0.2, 0.25) is 0 Å². The Hall–Kier alpha value is -1.38. The molecule has 0 aromatic carbocycles. The first kappa shape index (κ1) is 14.0. The van der Waals surface area contributed by atoms with E-state index in [1.165, 1.54) is 0 Å². The molecule has 0 saturated carbocycles. The monoisotopic (exact) mass is 262 g/mol. The lowest BCUT2D eigenvalue weighted by Gasteiger charge is -2.59. The van der Waals surface area contributed by atoms with Crippen molar-refractivity contribution >= 4 is 11.8 Å². The third kappa shape index (κ3) is 1.15. The van der Waals surface area contributed by atoms with Crippen LogP contribution in [0.3, 0.4) is 0 Å². The highest BCUT2D eigenvalue weighted by Gasteiger charge is 2.66. The van der Waals surface area contributed by atoms with E-state index in [4.69, 9.17) is 0 Å². The van der Waals surface area contributed by atoms with E-state index < -0.39 is 22.2 Å². The molecule has 3 nitrogen and oxygen atoms in total. The number of carboxylic acids is 1. The highest BCUT2D eigenvalue weighted by molar-refractivity contribution is 6.08. The predicted molar refractivity (Wildman–Crippen MR) is 73.7 cm³/mol. The van der Waals surface area contributed by atoms with Crippen LogP contribution in [0.1, 0.15) is 48.5 Å². The Balaban J connectivity index is 3.00. The van der Waals surface area contributed by atoms with E-state index in [0.717, 1.165) is 16.7 Å². The first-order valence-electron chi connectivity index (χ1n) is 6.63. The Morgan fingerprint density at radius 3 is 1.84 bits per heavy atom. The van der Waals surface area contributed by atoms with Crippen LogP contribution in [0.25, 0.3) is 0 Å². The normalized spacial score (nSPS) is 37.1. The highest BCUT2D eigenvalue weighted by atomic mass is 16.4. The van der Waals surface area contributed by atoms with Crippen molar-refractivity contribution in [1.82, 2.24) is 0 Å². The SMILES string of the molecule is CC1=C(C)C2(C)C(C)=C(C(=O)O)C1(C)C(=O)C2(C)C. The van der Waals surface area contributed by atoms with Gasteiger partial charge in [-0.25, -0.2) is 4.79 Å². The topological polar surface area (TPSA) is 54.4 Å². The van der Waals surface area contributed by atoms with Crippen LogP contribution in [0.15, 0.2) is 22.3 Å². The van der Waals surface area contributed by atoms with Gasteiger partial charge in [0.1, 0.15) is 0 Å². The molecule has 0 aliphatic heterocycles. The largest absolute Gasteiger partial charge is 0.478 e. The molecular weight excluding hydrogens is 240 g/mol. The van der Waals surface area contributed by atoms with Crippen molar-refractivity contribution in [3.05, 3.63) is 22.3 Å². The van der Waals surface area contributed by atoms with Crippen LogP contribution < -0.4 is 0 Å². The van der Waals surface area contributed by atoms with Gasteiger partial charge in [-0.3, -0.25) is 4.79 Å². The van der Waals surface area contributed by atoms with Gasteiger partial charge >= 0.3 is 5.97 Å². The smallest absolute Gasteiger partial charge is 0.332 e. The Labute approximate surface area is 114 Å². The Morgan fingerprint density at radius 1 is 0.947 bits per heavy atom. The van der Waals surface area contributed by atoms with Crippen LogP contribution >= 0.6 is 0 Å². The summed E-state index contributed by atoms with van der Waals surface area (Å²) in [6.45, 7) is 13.4. The zero-order valence-corrected chi connectivity index (χ0v) is 12.8. The molecule has 104 valence electrons. The number of fused-ring (bicyclic) bond motifs is 1. The third-order valence-electron chi connectivity index (χ3n) is 6.17. The molecule has 2 unspecified atom stereocenters. The number of Topliss-reactive ketones (excluding diaryl/α,β-unsaturated/α-hetero) is 1. The first-order chi connectivity index (χ1) is 8.45. The fourth-order valence-corrected chi connectivity index (χ4v) is 4.29. The van der Waals surface area contributed by atoms with E-state index >= 15 is 0 Å². The lowest BCUT2D eigenvalue weighted by molar-refractivity contribution is -0.146. The number of carbonyl (C=O) groups excluding carboxylic acids is 1. The van der Waals surface area contributed by atoms with E-state index in [1.807, 2.05) is 41.5 Å². The molecule has 3 heteroatoms. The van der Waals surface area contributed by atoms with Crippen molar-refractivity contribution < 1.29 is 14.7 Å². The maximum Gasteiger partial charge on any atom is 0.332 e. The van der Waals surface area contributed by atoms with E-state index in [2.05, 4.69) is 0 Å². The Morgan fingerprint density at radius 2 is 1.42 bits per heavy atom. The summed E-state index contributed by atoms with van der Waals surface area (Å²) in [7, 11) is 0.